The molecule has 0 radical (unpaired) electrons. The van der Waals surface area contributed by atoms with Crippen LogP contribution in [0.2, 0.25) is 0 Å². The van der Waals surface area contributed by atoms with Gasteiger partial charge < -0.3 is 11.1 Å². The molecule has 1 amide bonds. The Morgan fingerprint density at radius 1 is 1.35 bits per heavy atom. The second-order valence-electron chi connectivity index (χ2n) is 5.54. The van der Waals surface area contributed by atoms with Gasteiger partial charge in [-0.15, -0.1) is 0 Å². The van der Waals surface area contributed by atoms with E-state index in [0.29, 0.717) is 6.42 Å². The smallest absolute Gasteiger partial charge is 0.219 e. The molecule has 100 valence electrons. The second-order valence-corrected chi connectivity index (χ2v) is 5.54. The van der Waals surface area contributed by atoms with Gasteiger partial charge in [0.2, 0.25) is 5.91 Å². The number of nitrogens with two attached hydrogens (primary N) is 1. The SMILES string of the molecule is CCCC1CCCC(CC(N)=O)(NCC)CC1. The van der Waals surface area contributed by atoms with Crippen LogP contribution >= 0.6 is 0 Å². The highest BCUT2D eigenvalue weighted by Gasteiger charge is 2.33. The van der Waals surface area contributed by atoms with Crippen molar-refractivity contribution in [1.29, 1.82) is 0 Å². The maximum atomic E-state index is 11.2. The van der Waals surface area contributed by atoms with Crippen LogP contribution in [0.4, 0.5) is 0 Å². The van der Waals surface area contributed by atoms with Crippen molar-refractivity contribution in [3.63, 3.8) is 0 Å². The van der Waals surface area contributed by atoms with E-state index in [1.165, 1.54) is 32.1 Å². The van der Waals surface area contributed by atoms with Crippen molar-refractivity contribution in [2.24, 2.45) is 11.7 Å². The van der Waals surface area contributed by atoms with Crippen LogP contribution in [0.15, 0.2) is 0 Å². The van der Waals surface area contributed by atoms with Gasteiger partial charge in [-0.3, -0.25) is 4.79 Å². The zero-order valence-corrected chi connectivity index (χ0v) is 11.4. The predicted octanol–water partition coefficient (Wildman–Crippen LogP) is 2.59. The molecule has 2 atom stereocenters. The lowest BCUT2D eigenvalue weighted by molar-refractivity contribution is -0.119. The van der Waals surface area contributed by atoms with Crippen molar-refractivity contribution >= 4 is 5.91 Å². The summed E-state index contributed by atoms with van der Waals surface area (Å²) in [5.74, 6) is 0.688. The van der Waals surface area contributed by atoms with Crippen LogP contribution in [0.1, 0.15) is 65.2 Å². The minimum Gasteiger partial charge on any atom is -0.370 e. The van der Waals surface area contributed by atoms with Crippen LogP contribution in [0.3, 0.4) is 0 Å². The Hall–Kier alpha value is -0.570. The maximum absolute atomic E-state index is 11.2. The molecule has 1 aliphatic carbocycles. The van der Waals surface area contributed by atoms with Gasteiger partial charge in [0, 0.05) is 12.0 Å². The number of amides is 1. The molecule has 1 aliphatic rings. The van der Waals surface area contributed by atoms with Gasteiger partial charge in [-0.2, -0.15) is 0 Å². The van der Waals surface area contributed by atoms with Crippen molar-refractivity contribution in [2.45, 2.75) is 70.8 Å². The van der Waals surface area contributed by atoms with Crippen molar-refractivity contribution < 1.29 is 4.79 Å². The van der Waals surface area contributed by atoms with Gasteiger partial charge in [0.05, 0.1) is 0 Å². The van der Waals surface area contributed by atoms with Crippen LogP contribution in [0.25, 0.3) is 0 Å². The van der Waals surface area contributed by atoms with Gasteiger partial charge in [0.25, 0.3) is 0 Å². The first-order valence-electron chi connectivity index (χ1n) is 7.15. The summed E-state index contributed by atoms with van der Waals surface area (Å²) in [6.07, 6.45) is 9.10. The molecule has 0 spiro atoms. The number of hydrogen-bond acceptors (Lipinski definition) is 2. The fraction of sp³-hybridized carbons (Fsp3) is 0.929. The Morgan fingerprint density at radius 3 is 2.71 bits per heavy atom. The standard InChI is InChI=1S/C14H28N2O/c1-3-6-12-7-5-9-14(10-8-12,16-4-2)11-13(15)17/h12,16H,3-11H2,1-2H3,(H2,15,17). The minimum absolute atomic E-state index is 0.0108. The molecular formula is C14H28N2O. The Morgan fingerprint density at radius 2 is 2.12 bits per heavy atom. The molecule has 2 unspecified atom stereocenters. The lowest BCUT2D eigenvalue weighted by Gasteiger charge is -2.33. The molecule has 0 aliphatic heterocycles. The van der Waals surface area contributed by atoms with Crippen LogP contribution in [-0.4, -0.2) is 18.0 Å². The largest absolute Gasteiger partial charge is 0.370 e. The number of hydrogen-bond donors (Lipinski definition) is 2. The van der Waals surface area contributed by atoms with Gasteiger partial charge in [0.1, 0.15) is 0 Å². The first kappa shape index (κ1) is 14.5. The summed E-state index contributed by atoms with van der Waals surface area (Å²) < 4.78 is 0. The molecule has 17 heavy (non-hydrogen) atoms. The molecule has 0 aromatic rings. The third-order valence-corrected chi connectivity index (χ3v) is 4.06. The molecule has 3 heteroatoms. The summed E-state index contributed by atoms with van der Waals surface area (Å²) in [5, 5.41) is 3.53. The molecule has 1 saturated carbocycles. The number of carbonyl (C=O) groups excluding carboxylic acids is 1. The van der Waals surface area contributed by atoms with Crippen molar-refractivity contribution in [3.05, 3.63) is 0 Å². The lowest BCUT2D eigenvalue weighted by Crippen LogP contribution is -2.47. The maximum Gasteiger partial charge on any atom is 0.219 e. The first-order valence-corrected chi connectivity index (χ1v) is 7.15. The summed E-state index contributed by atoms with van der Waals surface area (Å²) in [7, 11) is 0. The monoisotopic (exact) mass is 240 g/mol. The summed E-state index contributed by atoms with van der Waals surface area (Å²) in [6.45, 7) is 5.29. The van der Waals surface area contributed by atoms with Crippen molar-refractivity contribution in [1.82, 2.24) is 5.32 Å². The molecule has 0 aromatic carbocycles. The third kappa shape index (κ3) is 4.66. The van der Waals surface area contributed by atoms with E-state index >= 15 is 0 Å². The summed E-state index contributed by atoms with van der Waals surface area (Å²) >= 11 is 0. The zero-order valence-electron chi connectivity index (χ0n) is 11.4. The van der Waals surface area contributed by atoms with Crippen molar-refractivity contribution in [2.75, 3.05) is 6.54 Å². The zero-order chi connectivity index (χ0) is 12.7. The topological polar surface area (TPSA) is 55.1 Å². The van der Waals surface area contributed by atoms with E-state index in [-0.39, 0.29) is 11.4 Å². The molecule has 0 bridgehead atoms. The minimum atomic E-state index is -0.167. The number of primary amides is 1. The molecule has 1 fully saturated rings. The number of carbonyl (C=O) groups is 1. The van der Waals surface area contributed by atoms with Crippen LogP contribution < -0.4 is 11.1 Å². The van der Waals surface area contributed by atoms with E-state index in [0.717, 1.165) is 25.3 Å². The molecular weight excluding hydrogens is 212 g/mol. The van der Waals surface area contributed by atoms with Crippen LogP contribution in [0, 0.1) is 5.92 Å². The first-order chi connectivity index (χ1) is 8.12. The summed E-state index contributed by atoms with van der Waals surface area (Å²) in [6, 6.07) is 0. The quantitative estimate of drug-likeness (QED) is 0.701. The Bertz CT molecular complexity index is 242. The third-order valence-electron chi connectivity index (χ3n) is 4.06. The Labute approximate surface area is 106 Å². The summed E-state index contributed by atoms with van der Waals surface area (Å²) in [4.78, 5) is 11.2. The van der Waals surface area contributed by atoms with E-state index in [4.69, 9.17) is 5.73 Å². The molecule has 1 rings (SSSR count). The van der Waals surface area contributed by atoms with Gasteiger partial charge in [-0.25, -0.2) is 0 Å². The van der Waals surface area contributed by atoms with E-state index in [2.05, 4.69) is 19.2 Å². The molecule has 0 heterocycles. The second kappa shape index (κ2) is 7.00. The van der Waals surface area contributed by atoms with E-state index in [1.54, 1.807) is 0 Å². The van der Waals surface area contributed by atoms with Gasteiger partial charge >= 0.3 is 0 Å². The molecule has 0 aromatic heterocycles. The fourth-order valence-corrected chi connectivity index (χ4v) is 3.30. The van der Waals surface area contributed by atoms with E-state index in [9.17, 15) is 4.79 Å². The van der Waals surface area contributed by atoms with Gasteiger partial charge in [0.15, 0.2) is 0 Å². The average molecular weight is 240 g/mol. The average Bonchev–Trinajstić information content (AvgIpc) is 2.42. The highest BCUT2D eigenvalue weighted by molar-refractivity contribution is 5.75. The Kier molecular flexibility index (Phi) is 5.96. The Balaban J connectivity index is 2.61. The van der Waals surface area contributed by atoms with Crippen LogP contribution in [-0.2, 0) is 4.79 Å². The number of nitrogens with one attached hydrogen (secondary N) is 1. The van der Waals surface area contributed by atoms with Gasteiger partial charge in [-0.05, 0) is 31.7 Å². The highest BCUT2D eigenvalue weighted by Crippen LogP contribution is 2.34. The van der Waals surface area contributed by atoms with Gasteiger partial charge in [-0.1, -0.05) is 39.5 Å². The fourth-order valence-electron chi connectivity index (χ4n) is 3.30. The molecule has 3 nitrogen and oxygen atoms in total. The van der Waals surface area contributed by atoms with E-state index in [1.807, 2.05) is 0 Å². The molecule has 3 N–H and O–H groups in total. The van der Waals surface area contributed by atoms with Crippen molar-refractivity contribution in [3.8, 4) is 0 Å². The van der Waals surface area contributed by atoms with E-state index < -0.39 is 0 Å². The normalized spacial score (nSPS) is 29.9. The number of rotatable bonds is 6. The lowest BCUT2D eigenvalue weighted by atomic mass is 9.85. The van der Waals surface area contributed by atoms with Crippen LogP contribution in [0.5, 0.6) is 0 Å². The summed E-state index contributed by atoms with van der Waals surface area (Å²) in [5.41, 5.74) is 5.39. The molecule has 0 saturated heterocycles. The highest BCUT2D eigenvalue weighted by atomic mass is 16.1. The predicted molar refractivity (Wildman–Crippen MR) is 71.7 cm³/mol.